The largest absolute Gasteiger partial charge is 0.478 e. The second-order valence-electron chi connectivity index (χ2n) is 5.69. The van der Waals surface area contributed by atoms with Crippen LogP contribution in [-0.4, -0.2) is 38.8 Å². The number of nitrogen functional groups attached to an aromatic ring is 1. The summed E-state index contributed by atoms with van der Waals surface area (Å²) in [7, 11) is 0. The summed E-state index contributed by atoms with van der Waals surface area (Å²) in [6.45, 7) is 0.248. The smallest absolute Gasteiger partial charge is 0.335 e. The number of rotatable bonds is 6. The number of nitrogens with two attached hydrogens (primary N) is 1. The molecule has 3 aromatic rings. The molecule has 0 spiro atoms. The zero-order valence-corrected chi connectivity index (χ0v) is 13.4. The fraction of sp³-hybridized carbons (Fsp3) is 0.167. The molecule has 2 aromatic carbocycles. The van der Waals surface area contributed by atoms with E-state index in [1.807, 2.05) is 30.3 Å². The van der Waals surface area contributed by atoms with Gasteiger partial charge in [0.05, 0.1) is 17.2 Å². The normalized spacial score (nSPS) is 12.0. The van der Waals surface area contributed by atoms with Crippen molar-refractivity contribution in [2.75, 3.05) is 17.6 Å². The molecule has 1 unspecified atom stereocenters. The third kappa shape index (κ3) is 4.02. The number of fused-ring (bicyclic) bond motifs is 1. The third-order valence-electron chi connectivity index (χ3n) is 3.78. The second kappa shape index (κ2) is 7.14. The van der Waals surface area contributed by atoms with Gasteiger partial charge in [-0.2, -0.15) is 4.98 Å². The molecule has 0 saturated carbocycles. The van der Waals surface area contributed by atoms with Gasteiger partial charge in [0.2, 0.25) is 5.95 Å². The molecule has 1 atom stereocenters. The summed E-state index contributed by atoms with van der Waals surface area (Å²) in [4.78, 5) is 19.4. The van der Waals surface area contributed by atoms with Gasteiger partial charge in [-0.25, -0.2) is 9.78 Å². The van der Waals surface area contributed by atoms with Gasteiger partial charge in [0.15, 0.2) is 0 Å². The van der Waals surface area contributed by atoms with Crippen molar-refractivity contribution in [3.05, 3.63) is 59.7 Å². The number of nitrogens with zero attached hydrogens (tertiary/aromatic N) is 2. The number of aliphatic hydroxyl groups is 1. The van der Waals surface area contributed by atoms with Crippen LogP contribution in [0, 0.1) is 0 Å². The predicted molar refractivity (Wildman–Crippen MR) is 95.6 cm³/mol. The van der Waals surface area contributed by atoms with Crippen LogP contribution >= 0.6 is 0 Å². The lowest BCUT2D eigenvalue weighted by atomic mass is 10.1. The van der Waals surface area contributed by atoms with Gasteiger partial charge in [0, 0.05) is 18.4 Å². The first kappa shape index (κ1) is 16.7. The minimum absolute atomic E-state index is 0.0793. The summed E-state index contributed by atoms with van der Waals surface area (Å²) in [6.07, 6.45) is -0.136. The summed E-state index contributed by atoms with van der Waals surface area (Å²) < 4.78 is 0. The van der Waals surface area contributed by atoms with Gasteiger partial charge in [-0.15, -0.1) is 0 Å². The summed E-state index contributed by atoms with van der Waals surface area (Å²) in [5.41, 5.74) is 7.41. The number of anilines is 2. The summed E-state index contributed by atoms with van der Waals surface area (Å²) in [5.74, 6) is -0.554. The molecule has 0 amide bonds. The molecule has 1 aromatic heterocycles. The number of carbonyl (C=O) groups is 1. The number of benzene rings is 2. The molecule has 0 aliphatic rings. The maximum Gasteiger partial charge on any atom is 0.335 e. The maximum atomic E-state index is 11.2. The predicted octanol–water partition coefficient (Wildman–Crippen LogP) is 1.93. The van der Waals surface area contributed by atoms with Gasteiger partial charge in [0.25, 0.3) is 0 Å². The van der Waals surface area contributed by atoms with Crippen LogP contribution in [-0.2, 0) is 6.42 Å². The highest BCUT2D eigenvalue weighted by molar-refractivity contribution is 5.97. The molecule has 5 N–H and O–H groups in total. The average molecular weight is 338 g/mol. The van der Waals surface area contributed by atoms with Crippen molar-refractivity contribution in [1.82, 2.24) is 9.97 Å². The number of carboxylic acids is 1. The summed E-state index contributed by atoms with van der Waals surface area (Å²) >= 11 is 0. The Bertz CT molecular complexity index is 899. The van der Waals surface area contributed by atoms with Crippen LogP contribution in [0.3, 0.4) is 0 Å². The number of aliphatic hydroxyl groups excluding tert-OH is 1. The SMILES string of the molecule is Nc1nc(NCC(O)Cc2ccccc2)c2cc(C(=O)O)ccc2n1. The quantitative estimate of drug-likeness (QED) is 0.542. The lowest BCUT2D eigenvalue weighted by molar-refractivity contribution is 0.0697. The highest BCUT2D eigenvalue weighted by atomic mass is 16.4. The lowest BCUT2D eigenvalue weighted by Crippen LogP contribution is -2.22. The average Bonchev–Trinajstić information content (AvgIpc) is 2.60. The van der Waals surface area contributed by atoms with Gasteiger partial charge >= 0.3 is 5.97 Å². The fourth-order valence-corrected chi connectivity index (χ4v) is 2.59. The fourth-order valence-electron chi connectivity index (χ4n) is 2.59. The van der Waals surface area contributed by atoms with Crippen LogP contribution in [0.1, 0.15) is 15.9 Å². The van der Waals surface area contributed by atoms with Crippen LogP contribution in [0.15, 0.2) is 48.5 Å². The molecule has 3 rings (SSSR count). The van der Waals surface area contributed by atoms with Crippen molar-refractivity contribution < 1.29 is 15.0 Å². The maximum absolute atomic E-state index is 11.2. The molecule has 1 heterocycles. The third-order valence-corrected chi connectivity index (χ3v) is 3.78. The van der Waals surface area contributed by atoms with Crippen molar-refractivity contribution in [2.45, 2.75) is 12.5 Å². The molecule has 7 heteroatoms. The molecule has 0 saturated heterocycles. The van der Waals surface area contributed by atoms with E-state index in [-0.39, 0.29) is 18.1 Å². The van der Waals surface area contributed by atoms with E-state index in [2.05, 4.69) is 15.3 Å². The van der Waals surface area contributed by atoms with E-state index in [0.29, 0.717) is 23.1 Å². The second-order valence-corrected chi connectivity index (χ2v) is 5.69. The number of hydrogen-bond donors (Lipinski definition) is 4. The van der Waals surface area contributed by atoms with E-state index in [0.717, 1.165) is 5.56 Å². The van der Waals surface area contributed by atoms with E-state index in [1.165, 1.54) is 12.1 Å². The summed E-state index contributed by atoms with van der Waals surface area (Å²) in [5, 5.41) is 22.9. The minimum atomic E-state index is -1.03. The van der Waals surface area contributed by atoms with Crippen LogP contribution in [0.2, 0.25) is 0 Å². The Morgan fingerprint density at radius 1 is 1.16 bits per heavy atom. The van der Waals surface area contributed by atoms with E-state index >= 15 is 0 Å². The Hall–Kier alpha value is -3.19. The van der Waals surface area contributed by atoms with Crippen LogP contribution < -0.4 is 11.1 Å². The zero-order chi connectivity index (χ0) is 17.8. The Balaban J connectivity index is 1.80. The molecule has 0 aliphatic heterocycles. The lowest BCUT2D eigenvalue weighted by Gasteiger charge is -2.14. The summed E-state index contributed by atoms with van der Waals surface area (Å²) in [6, 6.07) is 14.2. The van der Waals surface area contributed by atoms with Crippen LogP contribution in [0.5, 0.6) is 0 Å². The number of aromatic nitrogens is 2. The van der Waals surface area contributed by atoms with E-state index < -0.39 is 12.1 Å². The van der Waals surface area contributed by atoms with E-state index in [4.69, 9.17) is 10.8 Å². The van der Waals surface area contributed by atoms with Gasteiger partial charge in [-0.05, 0) is 23.8 Å². The monoisotopic (exact) mass is 338 g/mol. The Morgan fingerprint density at radius 2 is 1.92 bits per heavy atom. The molecule has 128 valence electrons. The molecule has 0 radical (unpaired) electrons. The van der Waals surface area contributed by atoms with Crippen molar-refractivity contribution >= 4 is 28.6 Å². The first-order valence-electron chi connectivity index (χ1n) is 7.79. The van der Waals surface area contributed by atoms with Crippen molar-refractivity contribution in [1.29, 1.82) is 0 Å². The van der Waals surface area contributed by atoms with Crippen molar-refractivity contribution in [3.8, 4) is 0 Å². The molecule has 0 aliphatic carbocycles. The number of nitrogens with one attached hydrogen (secondary N) is 1. The van der Waals surface area contributed by atoms with E-state index in [1.54, 1.807) is 6.07 Å². The molecule has 0 bridgehead atoms. The highest BCUT2D eigenvalue weighted by Gasteiger charge is 2.12. The van der Waals surface area contributed by atoms with Crippen molar-refractivity contribution in [3.63, 3.8) is 0 Å². The Morgan fingerprint density at radius 3 is 2.64 bits per heavy atom. The van der Waals surface area contributed by atoms with Crippen LogP contribution in [0.4, 0.5) is 11.8 Å². The first-order valence-corrected chi connectivity index (χ1v) is 7.79. The Labute approximate surface area is 144 Å². The Kier molecular flexibility index (Phi) is 4.76. The van der Waals surface area contributed by atoms with E-state index in [9.17, 15) is 9.90 Å². The number of carboxylic acid groups (broad SMARTS) is 1. The standard InChI is InChI=1S/C18H18N4O3/c19-18-21-15-7-6-12(17(24)25)9-14(15)16(22-18)20-10-13(23)8-11-4-2-1-3-5-11/h1-7,9,13,23H,8,10H2,(H,24,25)(H3,19,20,21,22). The molecule has 7 nitrogen and oxygen atoms in total. The molecule has 25 heavy (non-hydrogen) atoms. The molecular formula is C18H18N4O3. The van der Waals surface area contributed by atoms with Gasteiger partial charge in [0.1, 0.15) is 5.82 Å². The van der Waals surface area contributed by atoms with Gasteiger partial charge < -0.3 is 21.3 Å². The zero-order valence-electron chi connectivity index (χ0n) is 13.4. The molecule has 0 fully saturated rings. The van der Waals surface area contributed by atoms with Gasteiger partial charge in [-0.1, -0.05) is 30.3 Å². The van der Waals surface area contributed by atoms with Gasteiger partial charge in [-0.3, -0.25) is 0 Å². The number of hydrogen-bond acceptors (Lipinski definition) is 6. The molecular weight excluding hydrogens is 320 g/mol. The highest BCUT2D eigenvalue weighted by Crippen LogP contribution is 2.23. The topological polar surface area (TPSA) is 121 Å². The first-order chi connectivity index (χ1) is 12.0. The number of aromatic carboxylic acids is 1. The van der Waals surface area contributed by atoms with Crippen LogP contribution in [0.25, 0.3) is 10.9 Å². The van der Waals surface area contributed by atoms with Crippen molar-refractivity contribution in [2.24, 2.45) is 0 Å². The minimum Gasteiger partial charge on any atom is -0.478 e.